The zero-order valence-electron chi connectivity index (χ0n) is 9.60. The van der Waals surface area contributed by atoms with Gasteiger partial charge in [-0.2, -0.15) is 0 Å². The first-order valence-electron chi connectivity index (χ1n) is 5.97. The van der Waals surface area contributed by atoms with Crippen molar-refractivity contribution in [2.24, 2.45) is 0 Å². The summed E-state index contributed by atoms with van der Waals surface area (Å²) in [7, 11) is 0. The molecule has 1 N–H and O–H groups in total. The molecular weight excluding hydrogens is 258 g/mol. The summed E-state index contributed by atoms with van der Waals surface area (Å²) < 4.78 is 4.60. The molecule has 2 aliphatic rings. The highest BCUT2D eigenvalue weighted by Gasteiger charge is 2.27. The number of piperazine rings is 1. The predicted molar refractivity (Wildman–Crippen MR) is 68.4 cm³/mol. The maximum atomic E-state index is 6.02. The fourth-order valence-corrected chi connectivity index (χ4v) is 2.93. The van der Waals surface area contributed by atoms with Crippen LogP contribution in [0.25, 0.3) is 0 Å². The molecule has 0 spiro atoms. The van der Waals surface area contributed by atoms with E-state index in [0.29, 0.717) is 0 Å². The minimum atomic E-state index is 0.732. The lowest BCUT2D eigenvalue weighted by Crippen LogP contribution is -2.61. The molecule has 3 rings (SSSR count). The third-order valence-corrected chi connectivity index (χ3v) is 4.55. The molecule has 94 valence electrons. The summed E-state index contributed by atoms with van der Waals surface area (Å²) >= 11 is 7.29. The molecular formula is C10H16ClN5S. The minimum absolute atomic E-state index is 0.732. The first-order chi connectivity index (χ1) is 8.33. The molecule has 0 aliphatic carbocycles. The smallest absolute Gasteiger partial charge is 0.138 e. The largest absolute Gasteiger partial charge is 0.314 e. The topological polar surface area (TPSA) is 44.3 Å². The molecule has 2 saturated heterocycles. The van der Waals surface area contributed by atoms with Crippen LogP contribution in [-0.4, -0.2) is 64.7 Å². The predicted octanol–water partition coefficient (Wildman–Crippen LogP) is 0.281. The molecule has 17 heavy (non-hydrogen) atoms. The molecule has 3 heterocycles. The Bertz CT molecular complexity index is 373. The van der Waals surface area contributed by atoms with E-state index in [4.69, 9.17) is 11.6 Å². The zero-order chi connectivity index (χ0) is 11.7. The lowest BCUT2D eigenvalue weighted by atomic mass is 10.1. The van der Waals surface area contributed by atoms with E-state index >= 15 is 0 Å². The molecule has 7 heteroatoms. The van der Waals surface area contributed by atoms with Gasteiger partial charge in [-0.3, -0.25) is 9.80 Å². The average Bonchev–Trinajstić information content (AvgIpc) is 2.65. The summed E-state index contributed by atoms with van der Waals surface area (Å²) in [6, 6.07) is 0.765. The summed E-state index contributed by atoms with van der Waals surface area (Å²) in [5.74, 6) is 0. The monoisotopic (exact) mass is 273 g/mol. The van der Waals surface area contributed by atoms with Gasteiger partial charge in [-0.15, -0.1) is 5.10 Å². The maximum absolute atomic E-state index is 6.02. The first-order valence-corrected chi connectivity index (χ1v) is 7.12. The number of hydrogen-bond donors (Lipinski definition) is 1. The van der Waals surface area contributed by atoms with Crippen LogP contribution in [0.1, 0.15) is 5.69 Å². The van der Waals surface area contributed by atoms with Crippen molar-refractivity contribution in [1.29, 1.82) is 0 Å². The second-order valence-electron chi connectivity index (χ2n) is 4.62. The zero-order valence-corrected chi connectivity index (χ0v) is 11.2. The van der Waals surface area contributed by atoms with Gasteiger partial charge in [0.15, 0.2) is 0 Å². The van der Waals surface area contributed by atoms with Gasteiger partial charge in [-0.05, 0) is 0 Å². The first kappa shape index (κ1) is 11.8. The van der Waals surface area contributed by atoms with Crippen molar-refractivity contribution in [2.45, 2.75) is 12.6 Å². The lowest BCUT2D eigenvalue weighted by molar-refractivity contribution is 0.0690. The Kier molecular flexibility index (Phi) is 3.58. The van der Waals surface area contributed by atoms with Crippen molar-refractivity contribution in [1.82, 2.24) is 24.7 Å². The molecule has 0 radical (unpaired) electrons. The number of halogens is 1. The van der Waals surface area contributed by atoms with Crippen LogP contribution < -0.4 is 5.32 Å². The van der Waals surface area contributed by atoms with Crippen LogP contribution in [0.5, 0.6) is 0 Å². The van der Waals surface area contributed by atoms with Crippen molar-refractivity contribution in [3.05, 3.63) is 10.0 Å². The number of rotatable bonds is 3. The number of aromatic nitrogens is 2. The second kappa shape index (κ2) is 5.16. The molecule has 0 amide bonds. The van der Waals surface area contributed by atoms with E-state index in [1.165, 1.54) is 11.5 Å². The third-order valence-electron chi connectivity index (χ3n) is 3.57. The fourth-order valence-electron chi connectivity index (χ4n) is 2.32. The average molecular weight is 274 g/mol. The summed E-state index contributed by atoms with van der Waals surface area (Å²) in [6.45, 7) is 7.66. The normalized spacial score (nSPS) is 23.8. The molecule has 0 atom stereocenters. The lowest BCUT2D eigenvalue weighted by Gasteiger charge is -2.43. The fraction of sp³-hybridized carbons (Fsp3) is 0.800. The van der Waals surface area contributed by atoms with E-state index in [-0.39, 0.29) is 0 Å². The number of nitrogens with one attached hydrogen (secondary N) is 1. The minimum Gasteiger partial charge on any atom is -0.314 e. The van der Waals surface area contributed by atoms with Crippen molar-refractivity contribution >= 4 is 23.1 Å². The van der Waals surface area contributed by atoms with E-state index < -0.39 is 0 Å². The van der Waals surface area contributed by atoms with Crippen molar-refractivity contribution in [2.75, 3.05) is 39.3 Å². The van der Waals surface area contributed by atoms with E-state index in [0.717, 1.165) is 61.9 Å². The van der Waals surface area contributed by atoms with E-state index in [1.54, 1.807) is 0 Å². The van der Waals surface area contributed by atoms with Crippen LogP contribution in [0, 0.1) is 0 Å². The van der Waals surface area contributed by atoms with Crippen LogP contribution >= 0.6 is 23.1 Å². The molecule has 0 unspecified atom stereocenters. The SMILES string of the molecule is Clc1snnc1CN1CCN(C2CNC2)CC1. The van der Waals surface area contributed by atoms with Crippen LogP contribution in [0.15, 0.2) is 0 Å². The molecule has 2 fully saturated rings. The highest BCUT2D eigenvalue weighted by atomic mass is 35.5. The Morgan fingerprint density at radius 3 is 2.59 bits per heavy atom. The van der Waals surface area contributed by atoms with Crippen LogP contribution in [0.4, 0.5) is 0 Å². The third kappa shape index (κ3) is 2.61. The highest BCUT2D eigenvalue weighted by Crippen LogP contribution is 2.19. The molecule has 0 aromatic carbocycles. The van der Waals surface area contributed by atoms with Crippen molar-refractivity contribution in [3.8, 4) is 0 Å². The van der Waals surface area contributed by atoms with Gasteiger partial charge in [-0.25, -0.2) is 0 Å². The molecule has 1 aromatic heterocycles. The molecule has 5 nitrogen and oxygen atoms in total. The Hall–Kier alpha value is -0.270. The van der Waals surface area contributed by atoms with Crippen molar-refractivity contribution < 1.29 is 0 Å². The van der Waals surface area contributed by atoms with Gasteiger partial charge in [0.2, 0.25) is 0 Å². The maximum Gasteiger partial charge on any atom is 0.138 e. The van der Waals surface area contributed by atoms with Crippen LogP contribution in [0.2, 0.25) is 4.34 Å². The molecule has 0 saturated carbocycles. The number of hydrogen-bond acceptors (Lipinski definition) is 6. The molecule has 2 aliphatic heterocycles. The van der Waals surface area contributed by atoms with E-state index in [2.05, 4.69) is 24.7 Å². The van der Waals surface area contributed by atoms with Gasteiger partial charge in [0.1, 0.15) is 10.0 Å². The Balaban J connectivity index is 1.49. The Morgan fingerprint density at radius 2 is 2.06 bits per heavy atom. The highest BCUT2D eigenvalue weighted by molar-refractivity contribution is 7.10. The van der Waals surface area contributed by atoms with Crippen molar-refractivity contribution in [3.63, 3.8) is 0 Å². The van der Waals surface area contributed by atoms with Gasteiger partial charge in [0, 0.05) is 63.4 Å². The van der Waals surface area contributed by atoms with Gasteiger partial charge < -0.3 is 5.32 Å². The van der Waals surface area contributed by atoms with Crippen LogP contribution in [0.3, 0.4) is 0 Å². The second-order valence-corrected chi connectivity index (χ2v) is 5.97. The Morgan fingerprint density at radius 1 is 1.29 bits per heavy atom. The Labute approximate surface area is 110 Å². The number of nitrogens with zero attached hydrogens (tertiary/aromatic N) is 4. The van der Waals surface area contributed by atoms with Gasteiger partial charge in [0.05, 0.1) is 0 Å². The summed E-state index contributed by atoms with van der Waals surface area (Å²) in [4.78, 5) is 4.99. The standard InChI is InChI=1S/C10H16ClN5S/c11-10-9(13-14-17-10)7-15-1-3-16(4-2-15)8-5-12-6-8/h8,12H,1-7H2. The van der Waals surface area contributed by atoms with E-state index in [9.17, 15) is 0 Å². The molecule has 1 aromatic rings. The van der Waals surface area contributed by atoms with Gasteiger partial charge in [0.25, 0.3) is 0 Å². The summed E-state index contributed by atoms with van der Waals surface area (Å²) in [5.41, 5.74) is 0.926. The van der Waals surface area contributed by atoms with Crippen LogP contribution in [-0.2, 0) is 6.54 Å². The van der Waals surface area contributed by atoms with Gasteiger partial charge >= 0.3 is 0 Å². The summed E-state index contributed by atoms with van der Waals surface area (Å²) in [5, 5.41) is 7.39. The van der Waals surface area contributed by atoms with Gasteiger partial charge in [-0.1, -0.05) is 16.1 Å². The van der Waals surface area contributed by atoms with E-state index in [1.807, 2.05) is 0 Å². The molecule has 0 bridgehead atoms. The summed E-state index contributed by atoms with van der Waals surface area (Å²) in [6.07, 6.45) is 0. The quantitative estimate of drug-likeness (QED) is 0.857.